The van der Waals surface area contributed by atoms with Crippen LogP contribution in [0.25, 0.3) is 0 Å². The average Bonchev–Trinajstić information content (AvgIpc) is 2.41. The van der Waals surface area contributed by atoms with E-state index in [1.807, 2.05) is 0 Å². The molecule has 0 aliphatic heterocycles. The number of nitro groups is 1. The zero-order valence-electron chi connectivity index (χ0n) is 10.1. The van der Waals surface area contributed by atoms with Gasteiger partial charge in [-0.2, -0.15) is 0 Å². The summed E-state index contributed by atoms with van der Waals surface area (Å²) in [7, 11) is 0. The number of rotatable bonds is 4. The molecule has 4 nitrogen and oxygen atoms in total. The lowest BCUT2D eigenvalue weighted by atomic mass is 10.2. The van der Waals surface area contributed by atoms with Crippen LogP contribution in [0.3, 0.4) is 0 Å². The predicted molar refractivity (Wildman–Crippen MR) is 82.2 cm³/mol. The van der Waals surface area contributed by atoms with Gasteiger partial charge >= 0.3 is 0 Å². The van der Waals surface area contributed by atoms with E-state index in [-0.39, 0.29) is 18.0 Å². The summed E-state index contributed by atoms with van der Waals surface area (Å²) in [5.74, 6) is -0.356. The van der Waals surface area contributed by atoms with Gasteiger partial charge in [0.1, 0.15) is 5.82 Å². The van der Waals surface area contributed by atoms with Gasteiger partial charge in [0.2, 0.25) is 0 Å². The van der Waals surface area contributed by atoms with Crippen molar-refractivity contribution in [1.29, 1.82) is 0 Å². The van der Waals surface area contributed by atoms with Crippen LogP contribution in [0.1, 0.15) is 5.56 Å². The average molecular weight is 404 g/mol. The molecule has 0 fully saturated rings. The molecule has 0 amide bonds. The molecule has 7 heteroatoms. The van der Waals surface area contributed by atoms with E-state index in [0.29, 0.717) is 20.2 Å². The fourth-order valence-corrected chi connectivity index (χ4v) is 2.39. The summed E-state index contributed by atoms with van der Waals surface area (Å²) in [6.45, 7) is 0.279. The lowest BCUT2D eigenvalue weighted by Crippen LogP contribution is -2.03. The van der Waals surface area contributed by atoms with Crippen LogP contribution in [-0.4, -0.2) is 4.92 Å². The van der Waals surface area contributed by atoms with Gasteiger partial charge in [-0.1, -0.05) is 15.9 Å². The first-order valence-corrected chi connectivity index (χ1v) is 7.17. The van der Waals surface area contributed by atoms with Gasteiger partial charge in [0.05, 0.1) is 9.40 Å². The molecule has 2 aromatic carbocycles. The Kier molecular flexibility index (Phi) is 4.72. The van der Waals surface area contributed by atoms with Crippen molar-refractivity contribution >= 4 is 43.2 Å². The number of nitrogens with zero attached hydrogens (tertiary/aromatic N) is 1. The molecule has 0 atom stereocenters. The molecule has 0 heterocycles. The second kappa shape index (κ2) is 6.32. The third kappa shape index (κ3) is 3.55. The predicted octanol–water partition coefficient (Wildman–Crippen LogP) is 4.87. The van der Waals surface area contributed by atoms with Gasteiger partial charge in [-0.15, -0.1) is 0 Å². The monoisotopic (exact) mass is 402 g/mol. The summed E-state index contributed by atoms with van der Waals surface area (Å²) in [5.41, 5.74) is 1.27. The van der Waals surface area contributed by atoms with Crippen LogP contribution in [0.5, 0.6) is 0 Å². The van der Waals surface area contributed by atoms with Crippen LogP contribution >= 0.6 is 31.9 Å². The molecular weight excluding hydrogens is 395 g/mol. The van der Waals surface area contributed by atoms with Crippen LogP contribution in [0.2, 0.25) is 0 Å². The molecule has 0 unspecified atom stereocenters. The molecule has 20 heavy (non-hydrogen) atoms. The number of anilines is 1. The molecule has 0 spiro atoms. The fraction of sp³-hybridized carbons (Fsp3) is 0.0769. The van der Waals surface area contributed by atoms with E-state index in [0.717, 1.165) is 0 Å². The maximum absolute atomic E-state index is 13.1. The highest BCUT2D eigenvalue weighted by atomic mass is 79.9. The molecule has 0 bridgehead atoms. The SMILES string of the molecule is O=[N+]([O-])c1cc(Br)ccc1CNc1ccc(F)c(Br)c1. The van der Waals surface area contributed by atoms with E-state index in [4.69, 9.17) is 0 Å². The largest absolute Gasteiger partial charge is 0.381 e. The Morgan fingerprint density at radius 2 is 1.95 bits per heavy atom. The van der Waals surface area contributed by atoms with Crippen molar-refractivity contribution in [3.8, 4) is 0 Å². The van der Waals surface area contributed by atoms with Crippen LogP contribution in [-0.2, 0) is 6.54 Å². The summed E-state index contributed by atoms with van der Waals surface area (Å²) < 4.78 is 14.1. The quantitative estimate of drug-likeness (QED) is 0.585. The first kappa shape index (κ1) is 14.9. The molecule has 0 radical (unpaired) electrons. The molecule has 0 saturated carbocycles. The van der Waals surface area contributed by atoms with Gasteiger partial charge in [0.25, 0.3) is 5.69 Å². The van der Waals surface area contributed by atoms with Crippen LogP contribution < -0.4 is 5.32 Å². The Bertz CT molecular complexity index is 665. The Morgan fingerprint density at radius 3 is 2.60 bits per heavy atom. The van der Waals surface area contributed by atoms with Crippen molar-refractivity contribution in [1.82, 2.24) is 0 Å². The minimum atomic E-state index is -0.428. The molecule has 0 aliphatic carbocycles. The van der Waals surface area contributed by atoms with Crippen molar-refractivity contribution in [3.05, 3.63) is 66.8 Å². The summed E-state index contributed by atoms with van der Waals surface area (Å²) in [5, 5.41) is 14.0. The lowest BCUT2D eigenvalue weighted by molar-refractivity contribution is -0.385. The summed E-state index contributed by atoms with van der Waals surface area (Å²) >= 11 is 6.30. The third-order valence-electron chi connectivity index (χ3n) is 2.65. The summed E-state index contributed by atoms with van der Waals surface area (Å²) in [4.78, 5) is 10.6. The highest BCUT2D eigenvalue weighted by molar-refractivity contribution is 9.10. The molecule has 2 rings (SSSR count). The zero-order chi connectivity index (χ0) is 14.7. The highest BCUT2D eigenvalue weighted by Gasteiger charge is 2.13. The third-order valence-corrected chi connectivity index (χ3v) is 3.75. The topological polar surface area (TPSA) is 55.2 Å². The standard InChI is InChI=1S/C13H9Br2FN2O2/c14-9-2-1-8(13(5-9)18(19)20)7-17-10-3-4-12(16)11(15)6-10/h1-6,17H,7H2. The Hall–Kier alpha value is -1.47. The number of nitrogens with one attached hydrogen (secondary N) is 1. The van der Waals surface area contributed by atoms with Gasteiger partial charge in [-0.25, -0.2) is 4.39 Å². The van der Waals surface area contributed by atoms with Gasteiger partial charge in [0, 0.05) is 28.3 Å². The Labute approximate surface area is 131 Å². The van der Waals surface area contributed by atoms with E-state index in [9.17, 15) is 14.5 Å². The molecule has 0 aromatic heterocycles. The van der Waals surface area contributed by atoms with Crippen molar-refractivity contribution in [2.75, 3.05) is 5.32 Å². The van der Waals surface area contributed by atoms with Crippen LogP contribution in [0.15, 0.2) is 45.3 Å². The van der Waals surface area contributed by atoms with Gasteiger partial charge in [-0.3, -0.25) is 10.1 Å². The smallest absolute Gasteiger partial charge is 0.275 e. The fourth-order valence-electron chi connectivity index (χ4n) is 1.66. The van der Waals surface area contributed by atoms with E-state index in [1.54, 1.807) is 24.3 Å². The van der Waals surface area contributed by atoms with E-state index >= 15 is 0 Å². The van der Waals surface area contributed by atoms with Gasteiger partial charge in [0.15, 0.2) is 0 Å². The zero-order valence-corrected chi connectivity index (χ0v) is 13.2. The number of hydrogen-bond donors (Lipinski definition) is 1. The van der Waals surface area contributed by atoms with Crippen LogP contribution in [0, 0.1) is 15.9 Å². The number of halogens is 3. The second-order valence-electron chi connectivity index (χ2n) is 4.01. The summed E-state index contributed by atoms with van der Waals surface area (Å²) in [6, 6.07) is 9.35. The van der Waals surface area contributed by atoms with E-state index in [1.165, 1.54) is 12.1 Å². The molecular formula is C13H9Br2FN2O2. The van der Waals surface area contributed by atoms with Crippen molar-refractivity contribution in [3.63, 3.8) is 0 Å². The van der Waals surface area contributed by atoms with Crippen LogP contribution in [0.4, 0.5) is 15.8 Å². The minimum absolute atomic E-state index is 0.0352. The van der Waals surface area contributed by atoms with E-state index < -0.39 is 4.92 Å². The number of benzene rings is 2. The number of nitro benzene ring substituents is 1. The maximum Gasteiger partial charge on any atom is 0.275 e. The van der Waals surface area contributed by atoms with Crippen molar-refractivity contribution in [2.24, 2.45) is 0 Å². The molecule has 2 aromatic rings. The minimum Gasteiger partial charge on any atom is -0.381 e. The van der Waals surface area contributed by atoms with Gasteiger partial charge < -0.3 is 5.32 Å². The molecule has 0 saturated heterocycles. The summed E-state index contributed by atoms with van der Waals surface area (Å²) in [6.07, 6.45) is 0. The first-order valence-electron chi connectivity index (χ1n) is 5.59. The maximum atomic E-state index is 13.1. The molecule has 0 aliphatic rings. The van der Waals surface area contributed by atoms with Crippen molar-refractivity contribution < 1.29 is 9.31 Å². The number of hydrogen-bond acceptors (Lipinski definition) is 3. The second-order valence-corrected chi connectivity index (χ2v) is 5.78. The lowest BCUT2D eigenvalue weighted by Gasteiger charge is -2.08. The Balaban J connectivity index is 2.18. The van der Waals surface area contributed by atoms with E-state index in [2.05, 4.69) is 37.2 Å². The highest BCUT2D eigenvalue weighted by Crippen LogP contribution is 2.25. The van der Waals surface area contributed by atoms with Gasteiger partial charge in [-0.05, 0) is 46.3 Å². The normalized spacial score (nSPS) is 10.3. The first-order chi connectivity index (χ1) is 9.47. The molecule has 104 valence electrons. The molecule has 1 N–H and O–H groups in total. The van der Waals surface area contributed by atoms with Crippen molar-refractivity contribution in [2.45, 2.75) is 6.54 Å². The Morgan fingerprint density at radius 1 is 1.20 bits per heavy atom.